The number of ether oxygens (including phenoxy) is 2. The van der Waals surface area contributed by atoms with Gasteiger partial charge in [0.15, 0.2) is 0 Å². The number of rotatable bonds is 6. The smallest absolute Gasteiger partial charge is 0.265 e. The van der Waals surface area contributed by atoms with Gasteiger partial charge in [-0.05, 0) is 73.4 Å². The van der Waals surface area contributed by atoms with E-state index >= 15 is 0 Å². The number of amides is 2. The molecule has 2 N–H and O–H groups in total. The highest BCUT2D eigenvalue weighted by Gasteiger charge is 2.65. The molecule has 10 nitrogen and oxygen atoms in total. The number of carbonyl (C=O) groups excluding carboxylic acids is 2. The minimum absolute atomic E-state index is 0.0482. The average Bonchev–Trinajstić information content (AvgIpc) is 3.26. The highest BCUT2D eigenvalue weighted by atomic mass is 32.2. The standard InChI is InChI=1S/C38H46N4O6S/c1-22(2)49(45,46)40-35(43)33-28-15-42-29(14-27-30(47-3)13-12-24(34(27)42)23-8-5-4-6-9-23)31-25(32(28)33)10-7-11-26(31)36(44)41-18-37-16-39-17-38(37,19-41)21-48-20-37/h7,10,12-14,22-23,26,31,39H,4-6,8-9,11,15-21H2,1-3H3,(H,40,43)/t26-,31-,37?,38?/m1/s1. The van der Waals surface area contributed by atoms with Crippen LogP contribution >= 0.6 is 0 Å². The molecule has 1 aromatic carbocycles. The number of likely N-dealkylation sites (tertiary alicyclic amines) is 1. The van der Waals surface area contributed by atoms with Crippen LogP contribution in [0.5, 0.6) is 5.75 Å². The lowest BCUT2D eigenvalue weighted by Crippen LogP contribution is -2.42. The lowest BCUT2D eigenvalue weighted by Gasteiger charge is -2.34. The fraction of sp³-hybridized carbons (Fsp3) is 0.579. The molecule has 260 valence electrons. The molecule has 2 aromatic rings. The second-order valence-corrected chi connectivity index (χ2v) is 18.1. The number of methoxy groups -OCH3 is 1. The maximum atomic E-state index is 14.9. The summed E-state index contributed by atoms with van der Waals surface area (Å²) in [6.07, 6.45) is 10.7. The molecule has 3 saturated heterocycles. The van der Waals surface area contributed by atoms with Gasteiger partial charge in [-0.2, -0.15) is 0 Å². The van der Waals surface area contributed by atoms with E-state index in [1.807, 2.05) is 0 Å². The Kier molecular flexibility index (Phi) is 7.11. The molecule has 1 aromatic heterocycles. The van der Waals surface area contributed by atoms with E-state index in [9.17, 15) is 18.0 Å². The van der Waals surface area contributed by atoms with Gasteiger partial charge in [0.1, 0.15) is 5.75 Å². The van der Waals surface area contributed by atoms with Gasteiger partial charge in [0.05, 0.1) is 42.6 Å². The van der Waals surface area contributed by atoms with Crippen molar-refractivity contribution >= 4 is 32.7 Å². The predicted molar refractivity (Wildman–Crippen MR) is 186 cm³/mol. The largest absolute Gasteiger partial charge is 0.496 e. The van der Waals surface area contributed by atoms with Gasteiger partial charge in [0.2, 0.25) is 15.9 Å². The number of nitrogens with one attached hydrogen (secondary N) is 2. The van der Waals surface area contributed by atoms with Crippen LogP contribution in [0.4, 0.5) is 0 Å². The first kappa shape index (κ1) is 31.6. The zero-order valence-corrected chi connectivity index (χ0v) is 29.5. The number of aromatic nitrogens is 1. The summed E-state index contributed by atoms with van der Waals surface area (Å²) in [5.74, 6) is 0.137. The predicted octanol–water partition coefficient (Wildman–Crippen LogP) is 4.28. The first-order valence-electron chi connectivity index (χ1n) is 18.1. The van der Waals surface area contributed by atoms with E-state index in [1.165, 1.54) is 24.8 Å². The molecule has 4 fully saturated rings. The number of benzene rings is 1. The summed E-state index contributed by atoms with van der Waals surface area (Å²) >= 11 is 0. The van der Waals surface area contributed by atoms with Gasteiger partial charge in [-0.15, -0.1) is 0 Å². The molecule has 4 aliphatic heterocycles. The Morgan fingerprint density at radius 2 is 1.82 bits per heavy atom. The quantitative estimate of drug-likeness (QED) is 0.466. The highest BCUT2D eigenvalue weighted by molar-refractivity contribution is 7.90. The van der Waals surface area contributed by atoms with E-state index in [1.54, 1.807) is 21.0 Å². The van der Waals surface area contributed by atoms with Crippen molar-refractivity contribution < 1.29 is 27.5 Å². The van der Waals surface area contributed by atoms with Crippen molar-refractivity contribution in [2.75, 3.05) is 46.5 Å². The Bertz CT molecular complexity index is 1970. The van der Waals surface area contributed by atoms with Gasteiger partial charge >= 0.3 is 0 Å². The monoisotopic (exact) mass is 686 g/mol. The highest BCUT2D eigenvalue weighted by Crippen LogP contribution is 2.57. The number of hydrogen-bond acceptors (Lipinski definition) is 7. The van der Waals surface area contributed by atoms with E-state index in [0.29, 0.717) is 50.8 Å². The minimum Gasteiger partial charge on any atom is -0.496 e. The van der Waals surface area contributed by atoms with Gasteiger partial charge in [-0.25, -0.2) is 13.1 Å². The molecule has 3 aliphatic carbocycles. The Hall–Kier alpha value is -3.41. The molecule has 2 unspecified atom stereocenters. The van der Waals surface area contributed by atoms with E-state index in [2.05, 4.69) is 49.9 Å². The van der Waals surface area contributed by atoms with Crippen molar-refractivity contribution in [3.63, 3.8) is 0 Å². The molecule has 0 radical (unpaired) electrons. The van der Waals surface area contributed by atoms with Gasteiger partial charge in [-0.1, -0.05) is 37.5 Å². The topological polar surface area (TPSA) is 119 Å². The third-order valence-corrected chi connectivity index (χ3v) is 14.7. The van der Waals surface area contributed by atoms with Crippen LogP contribution < -0.4 is 14.8 Å². The van der Waals surface area contributed by atoms with Crippen LogP contribution in [0.1, 0.15) is 75.5 Å². The van der Waals surface area contributed by atoms with Crippen LogP contribution in [-0.4, -0.2) is 81.5 Å². The van der Waals surface area contributed by atoms with Crippen LogP contribution in [0, 0.1) is 16.7 Å². The van der Waals surface area contributed by atoms with E-state index in [0.717, 1.165) is 65.0 Å². The average molecular weight is 687 g/mol. The molecule has 49 heavy (non-hydrogen) atoms. The molecule has 9 rings (SSSR count). The number of nitrogens with zero attached hydrogens (tertiary/aromatic N) is 2. The number of fused-ring (bicyclic) bond motifs is 6. The number of sulfonamides is 1. The molecule has 0 spiro atoms. The molecule has 4 atom stereocenters. The van der Waals surface area contributed by atoms with Crippen molar-refractivity contribution in [2.24, 2.45) is 16.7 Å². The lowest BCUT2D eigenvalue weighted by atomic mass is 9.71. The summed E-state index contributed by atoms with van der Waals surface area (Å²) in [7, 11) is -2.12. The van der Waals surface area contributed by atoms with Crippen molar-refractivity contribution in [2.45, 2.75) is 76.0 Å². The second-order valence-electron chi connectivity index (χ2n) is 15.9. The maximum absolute atomic E-state index is 14.9. The van der Waals surface area contributed by atoms with Crippen molar-refractivity contribution in [3.05, 3.63) is 63.9 Å². The fourth-order valence-corrected chi connectivity index (χ4v) is 10.9. The number of carbonyl (C=O) groups is 2. The Morgan fingerprint density at radius 1 is 1.08 bits per heavy atom. The molecule has 7 aliphatic rings. The molecule has 11 heteroatoms. The van der Waals surface area contributed by atoms with Gasteiger partial charge in [-0.3, -0.25) is 9.59 Å². The van der Waals surface area contributed by atoms with E-state index in [4.69, 9.17) is 9.47 Å². The van der Waals surface area contributed by atoms with Crippen molar-refractivity contribution in [1.29, 1.82) is 0 Å². The van der Waals surface area contributed by atoms with Crippen molar-refractivity contribution in [3.8, 4) is 5.75 Å². The minimum atomic E-state index is -3.82. The zero-order valence-electron chi connectivity index (χ0n) is 28.6. The first-order chi connectivity index (χ1) is 23.6. The third-order valence-electron chi connectivity index (χ3n) is 13.0. The van der Waals surface area contributed by atoms with Crippen LogP contribution in [0.3, 0.4) is 0 Å². The number of allylic oxidation sites excluding steroid dienone is 4. The summed E-state index contributed by atoms with van der Waals surface area (Å²) in [5.41, 5.74) is 6.44. The number of hydrogen-bond donors (Lipinski definition) is 2. The molecule has 1 saturated carbocycles. The molecule has 2 amide bonds. The summed E-state index contributed by atoms with van der Waals surface area (Å²) in [6.45, 7) is 8.03. The van der Waals surface area contributed by atoms with Crippen molar-refractivity contribution in [1.82, 2.24) is 19.5 Å². The zero-order chi connectivity index (χ0) is 33.9. The lowest BCUT2D eigenvalue weighted by molar-refractivity contribution is -0.136. The summed E-state index contributed by atoms with van der Waals surface area (Å²) in [4.78, 5) is 30.7. The van der Waals surface area contributed by atoms with Crippen LogP contribution in [0.2, 0.25) is 0 Å². The summed E-state index contributed by atoms with van der Waals surface area (Å²) in [6, 6.07) is 6.54. The molecule has 5 heterocycles. The Morgan fingerprint density at radius 3 is 2.51 bits per heavy atom. The molecular formula is C38H46N4O6S. The van der Waals surface area contributed by atoms with Gasteiger partial charge in [0.25, 0.3) is 5.91 Å². The molecular weight excluding hydrogens is 641 g/mol. The van der Waals surface area contributed by atoms with E-state index in [-0.39, 0.29) is 28.6 Å². The van der Waals surface area contributed by atoms with Gasteiger partial charge < -0.3 is 24.3 Å². The summed E-state index contributed by atoms with van der Waals surface area (Å²) < 4.78 is 42.3. The molecule has 0 bridgehead atoms. The summed E-state index contributed by atoms with van der Waals surface area (Å²) in [5, 5.41) is 3.88. The van der Waals surface area contributed by atoms with Gasteiger partial charge in [0, 0.05) is 60.6 Å². The second kappa shape index (κ2) is 11.0. The van der Waals surface area contributed by atoms with E-state index < -0.39 is 21.2 Å². The Labute approximate surface area is 288 Å². The van der Waals surface area contributed by atoms with Crippen LogP contribution in [-0.2, 0) is 30.9 Å². The normalized spacial score (nSPS) is 30.7. The fourth-order valence-electron chi connectivity index (χ4n) is 10.3. The SMILES string of the molecule is COc1ccc(C2CCCCC2)c2c1cc1n2CC2=C(C(=O)NS(=O)(=O)C(C)C)C2=C2C=CC[C@@H](C(=O)N3CC45CNCC4(COC5)C3)[C@@H]21. The third kappa shape index (κ3) is 4.53. The maximum Gasteiger partial charge on any atom is 0.265 e. The van der Waals surface area contributed by atoms with Crippen LogP contribution in [0.15, 0.2) is 52.6 Å². The van der Waals surface area contributed by atoms with Crippen LogP contribution in [0.25, 0.3) is 10.9 Å². The first-order valence-corrected chi connectivity index (χ1v) is 19.6. The Balaban J connectivity index is 1.19.